The molecule has 70 valence electrons. The van der Waals surface area contributed by atoms with Crippen molar-refractivity contribution in [3.8, 4) is 0 Å². The number of azo groups is 1. The van der Waals surface area contributed by atoms with Gasteiger partial charge in [0.05, 0.1) is 10.6 Å². The van der Waals surface area contributed by atoms with E-state index in [4.69, 9.17) is 5.14 Å². The van der Waals surface area contributed by atoms with Crippen LogP contribution in [0.2, 0.25) is 0 Å². The molecule has 0 aliphatic heterocycles. The third-order valence-electron chi connectivity index (χ3n) is 1.38. The number of benzene rings is 1. The smallest absolute Gasteiger partial charge is 0.225 e. The summed E-state index contributed by atoms with van der Waals surface area (Å²) in [5.74, 6) is 0. The normalized spacial score (nSPS) is 12.2. The third-order valence-corrected chi connectivity index (χ3v) is 2.31. The Hall–Kier alpha value is -1.27. The van der Waals surface area contributed by atoms with Crippen LogP contribution in [0.15, 0.2) is 39.4 Å². The highest BCUT2D eigenvalue weighted by Crippen LogP contribution is 2.15. The van der Waals surface area contributed by atoms with Crippen LogP contribution in [0.5, 0.6) is 0 Å². The number of hydrogen-bond acceptors (Lipinski definition) is 4. The highest BCUT2D eigenvalue weighted by Gasteiger charge is 2.05. The van der Waals surface area contributed by atoms with Crippen LogP contribution < -0.4 is 5.14 Å². The summed E-state index contributed by atoms with van der Waals surface area (Å²) >= 11 is 0. The van der Waals surface area contributed by atoms with Crippen molar-refractivity contribution < 1.29 is 8.42 Å². The van der Waals surface area contributed by atoms with Crippen LogP contribution in [-0.2, 0) is 10.0 Å². The van der Waals surface area contributed by atoms with Gasteiger partial charge in [0, 0.05) is 7.05 Å². The molecule has 6 heteroatoms. The van der Waals surface area contributed by atoms with Gasteiger partial charge in [-0.05, 0) is 24.3 Å². The number of nitrogens with two attached hydrogens (primary N) is 1. The van der Waals surface area contributed by atoms with Crippen LogP contribution in [-0.4, -0.2) is 15.5 Å². The molecule has 0 heterocycles. The van der Waals surface area contributed by atoms with Crippen LogP contribution in [0.1, 0.15) is 0 Å². The fraction of sp³-hybridized carbons (Fsp3) is 0.143. The van der Waals surface area contributed by atoms with E-state index in [-0.39, 0.29) is 4.90 Å². The second-order valence-corrected chi connectivity index (χ2v) is 3.90. The lowest BCUT2D eigenvalue weighted by Crippen LogP contribution is -2.11. The lowest BCUT2D eigenvalue weighted by Gasteiger charge is -1.96. The summed E-state index contributed by atoms with van der Waals surface area (Å²) in [6.45, 7) is 0. The van der Waals surface area contributed by atoms with Crippen LogP contribution in [0.25, 0.3) is 0 Å². The summed E-state index contributed by atoms with van der Waals surface area (Å²) < 4.78 is 21.7. The first-order chi connectivity index (χ1) is 6.04. The Labute approximate surface area is 76.3 Å². The monoisotopic (exact) mass is 199 g/mol. The molecule has 0 spiro atoms. The first-order valence-electron chi connectivity index (χ1n) is 3.47. The van der Waals surface area contributed by atoms with Crippen molar-refractivity contribution in [3.05, 3.63) is 24.3 Å². The Bertz CT molecular complexity index is 408. The van der Waals surface area contributed by atoms with E-state index in [9.17, 15) is 8.42 Å². The summed E-state index contributed by atoms with van der Waals surface area (Å²) in [5.41, 5.74) is 0.593. The van der Waals surface area contributed by atoms with E-state index in [1.807, 2.05) is 0 Å². The molecule has 0 unspecified atom stereocenters. The Morgan fingerprint density at radius 2 is 1.77 bits per heavy atom. The van der Waals surface area contributed by atoms with Gasteiger partial charge in [-0.15, -0.1) is 0 Å². The first kappa shape index (κ1) is 9.82. The lowest BCUT2D eigenvalue weighted by atomic mass is 10.3. The third kappa shape index (κ3) is 2.60. The van der Waals surface area contributed by atoms with Crippen LogP contribution in [0.4, 0.5) is 5.69 Å². The molecule has 13 heavy (non-hydrogen) atoms. The predicted molar refractivity (Wildman–Crippen MR) is 48.3 cm³/mol. The molecule has 0 atom stereocenters. The highest BCUT2D eigenvalue weighted by molar-refractivity contribution is 7.89. The molecular weight excluding hydrogens is 190 g/mol. The molecule has 1 aromatic rings. The molecule has 0 radical (unpaired) electrons. The maximum absolute atomic E-state index is 10.8. The molecule has 0 amide bonds. The zero-order valence-electron chi connectivity index (χ0n) is 7.01. The molecule has 0 aromatic heterocycles. The van der Waals surface area contributed by atoms with E-state index >= 15 is 0 Å². The van der Waals surface area contributed by atoms with E-state index in [1.165, 1.54) is 31.3 Å². The van der Waals surface area contributed by atoms with Crippen molar-refractivity contribution in [1.29, 1.82) is 0 Å². The Balaban J connectivity index is 3.08. The number of nitrogens with zero attached hydrogens (tertiary/aromatic N) is 2. The summed E-state index contributed by atoms with van der Waals surface area (Å²) in [6, 6.07) is 5.85. The van der Waals surface area contributed by atoms with Gasteiger partial charge in [-0.3, -0.25) is 0 Å². The van der Waals surface area contributed by atoms with Gasteiger partial charge < -0.3 is 0 Å². The van der Waals surface area contributed by atoms with Crippen LogP contribution in [0.3, 0.4) is 0 Å². The summed E-state index contributed by atoms with van der Waals surface area (Å²) in [5, 5.41) is 12.2. The molecular formula is C7H9N3O2S. The summed E-state index contributed by atoms with van der Waals surface area (Å²) in [7, 11) is -2.07. The quantitative estimate of drug-likeness (QED) is 0.722. The summed E-state index contributed by atoms with van der Waals surface area (Å²) in [6.07, 6.45) is 0. The van der Waals surface area contributed by atoms with Crippen molar-refractivity contribution in [3.63, 3.8) is 0 Å². The van der Waals surface area contributed by atoms with Crippen LogP contribution >= 0.6 is 0 Å². The molecule has 0 fully saturated rings. The van der Waals surface area contributed by atoms with Gasteiger partial charge in [0.1, 0.15) is 0 Å². The minimum absolute atomic E-state index is 0.0718. The van der Waals surface area contributed by atoms with Crippen molar-refractivity contribution in [2.24, 2.45) is 15.4 Å². The number of hydrogen-bond donors (Lipinski definition) is 1. The van der Waals surface area contributed by atoms with E-state index in [0.29, 0.717) is 5.69 Å². The maximum Gasteiger partial charge on any atom is 0.238 e. The fourth-order valence-electron chi connectivity index (χ4n) is 0.818. The van der Waals surface area contributed by atoms with Crippen molar-refractivity contribution >= 4 is 15.7 Å². The Kier molecular flexibility index (Phi) is 2.74. The number of sulfonamides is 1. The molecule has 0 saturated heterocycles. The van der Waals surface area contributed by atoms with Gasteiger partial charge in [0.2, 0.25) is 10.0 Å². The second kappa shape index (κ2) is 3.63. The SMILES string of the molecule is C/N=N/c1ccc(S(N)(=O)=O)cc1. The molecule has 0 bridgehead atoms. The van der Waals surface area contributed by atoms with Gasteiger partial charge >= 0.3 is 0 Å². The average molecular weight is 199 g/mol. The highest BCUT2D eigenvalue weighted by atomic mass is 32.2. The minimum Gasteiger partial charge on any atom is -0.225 e. The second-order valence-electron chi connectivity index (χ2n) is 2.34. The molecule has 0 saturated carbocycles. The van der Waals surface area contributed by atoms with Crippen molar-refractivity contribution in [1.82, 2.24) is 0 Å². The number of primary sulfonamides is 1. The van der Waals surface area contributed by atoms with E-state index in [1.54, 1.807) is 0 Å². The zero-order chi connectivity index (χ0) is 9.90. The number of rotatable bonds is 2. The Morgan fingerprint density at radius 3 is 2.15 bits per heavy atom. The van der Waals surface area contributed by atoms with Gasteiger partial charge in [0.25, 0.3) is 0 Å². The average Bonchev–Trinajstić information content (AvgIpc) is 2.04. The Morgan fingerprint density at radius 1 is 1.23 bits per heavy atom. The van der Waals surface area contributed by atoms with Crippen molar-refractivity contribution in [2.45, 2.75) is 4.90 Å². The largest absolute Gasteiger partial charge is 0.238 e. The molecule has 1 rings (SSSR count). The zero-order valence-corrected chi connectivity index (χ0v) is 7.82. The van der Waals surface area contributed by atoms with E-state index < -0.39 is 10.0 Å². The van der Waals surface area contributed by atoms with Gasteiger partial charge in [-0.2, -0.15) is 10.2 Å². The molecule has 0 aliphatic carbocycles. The maximum atomic E-state index is 10.8. The first-order valence-corrected chi connectivity index (χ1v) is 5.01. The molecule has 2 N–H and O–H groups in total. The van der Waals surface area contributed by atoms with Gasteiger partial charge in [-0.25, -0.2) is 13.6 Å². The van der Waals surface area contributed by atoms with Crippen LogP contribution in [0, 0.1) is 0 Å². The van der Waals surface area contributed by atoms with Crippen molar-refractivity contribution in [2.75, 3.05) is 7.05 Å². The fourth-order valence-corrected chi connectivity index (χ4v) is 1.33. The van der Waals surface area contributed by atoms with Gasteiger partial charge in [-0.1, -0.05) is 0 Å². The standard InChI is InChI=1S/C7H9N3O2S/c1-9-10-6-2-4-7(5-3-6)13(8,11)12/h2-5H,1H3,(H2,8,11,12)/b10-9+. The molecule has 0 aliphatic rings. The minimum atomic E-state index is -3.61. The van der Waals surface area contributed by atoms with E-state index in [2.05, 4.69) is 10.2 Å². The topological polar surface area (TPSA) is 84.9 Å². The predicted octanol–water partition coefficient (Wildman–Crippen LogP) is 1.05. The summed E-state index contributed by atoms with van der Waals surface area (Å²) in [4.78, 5) is 0.0718. The molecule has 1 aromatic carbocycles. The van der Waals surface area contributed by atoms with E-state index in [0.717, 1.165) is 0 Å². The van der Waals surface area contributed by atoms with Gasteiger partial charge in [0.15, 0.2) is 0 Å². The lowest BCUT2D eigenvalue weighted by molar-refractivity contribution is 0.598. The molecule has 5 nitrogen and oxygen atoms in total.